The van der Waals surface area contributed by atoms with Crippen molar-refractivity contribution in [2.45, 2.75) is 19.8 Å². The predicted octanol–water partition coefficient (Wildman–Crippen LogP) is 2.36. The van der Waals surface area contributed by atoms with Gasteiger partial charge >= 0.3 is 10.2 Å². The van der Waals surface area contributed by atoms with Gasteiger partial charge in [0.1, 0.15) is 4.99 Å². The first-order valence-corrected chi connectivity index (χ1v) is 8.89. The van der Waals surface area contributed by atoms with Gasteiger partial charge in [0.05, 0.1) is 10.7 Å². The molecule has 5 nitrogen and oxygen atoms in total. The normalized spacial score (nSPS) is 17.6. The molecule has 0 atom stereocenters. The highest BCUT2D eigenvalue weighted by Crippen LogP contribution is 2.26. The van der Waals surface area contributed by atoms with Crippen molar-refractivity contribution in [3.63, 3.8) is 0 Å². The van der Waals surface area contributed by atoms with Gasteiger partial charge in [-0.2, -0.15) is 12.7 Å². The summed E-state index contributed by atoms with van der Waals surface area (Å²) >= 11 is 10.9. The van der Waals surface area contributed by atoms with Crippen molar-refractivity contribution in [3.8, 4) is 0 Å². The average Bonchev–Trinajstić information content (AvgIpc) is 2.41. The molecule has 8 heteroatoms. The van der Waals surface area contributed by atoms with Gasteiger partial charge in [-0.3, -0.25) is 4.72 Å². The van der Waals surface area contributed by atoms with Crippen LogP contribution in [-0.4, -0.2) is 30.8 Å². The molecule has 0 radical (unpaired) electrons. The SMILES string of the molecule is CC1CCN(S(=O)(=O)Nc2cc(C(N)=S)ccc2Cl)CC1. The minimum atomic E-state index is -3.61. The lowest BCUT2D eigenvalue weighted by molar-refractivity contribution is 0.289. The van der Waals surface area contributed by atoms with Crippen LogP contribution in [0.1, 0.15) is 25.3 Å². The lowest BCUT2D eigenvalue weighted by Crippen LogP contribution is -2.41. The smallest absolute Gasteiger partial charge is 0.301 e. The number of rotatable bonds is 4. The van der Waals surface area contributed by atoms with Crippen LogP contribution in [-0.2, 0) is 10.2 Å². The average molecular weight is 348 g/mol. The molecule has 1 aliphatic heterocycles. The van der Waals surface area contributed by atoms with Crippen molar-refractivity contribution < 1.29 is 8.42 Å². The molecule has 1 fully saturated rings. The number of thiocarbonyl (C=S) groups is 1. The van der Waals surface area contributed by atoms with Gasteiger partial charge in [-0.05, 0) is 30.9 Å². The second kappa shape index (κ2) is 6.48. The first kappa shape index (κ1) is 16.5. The molecule has 0 amide bonds. The Morgan fingerprint density at radius 3 is 2.62 bits per heavy atom. The van der Waals surface area contributed by atoms with E-state index < -0.39 is 10.2 Å². The summed E-state index contributed by atoms with van der Waals surface area (Å²) in [6.45, 7) is 3.16. The van der Waals surface area contributed by atoms with Crippen molar-refractivity contribution in [1.82, 2.24) is 4.31 Å². The minimum Gasteiger partial charge on any atom is -0.389 e. The number of hydrogen-bond donors (Lipinski definition) is 2. The Morgan fingerprint density at radius 2 is 2.05 bits per heavy atom. The fourth-order valence-electron chi connectivity index (χ4n) is 2.19. The van der Waals surface area contributed by atoms with Crippen LogP contribution in [0.25, 0.3) is 0 Å². The Labute approximate surface area is 135 Å². The highest BCUT2D eigenvalue weighted by atomic mass is 35.5. The van der Waals surface area contributed by atoms with Crippen molar-refractivity contribution in [2.75, 3.05) is 17.8 Å². The third-order valence-corrected chi connectivity index (χ3v) is 5.66. The van der Waals surface area contributed by atoms with Crippen LogP contribution in [0.15, 0.2) is 18.2 Å². The van der Waals surface area contributed by atoms with E-state index in [1.165, 1.54) is 4.31 Å². The fourth-order valence-corrected chi connectivity index (χ4v) is 3.80. The van der Waals surface area contributed by atoms with E-state index in [1.54, 1.807) is 18.2 Å². The molecule has 1 aromatic carbocycles. The predicted molar refractivity (Wildman–Crippen MR) is 89.9 cm³/mol. The molecular formula is C13H18ClN3O2S2. The van der Waals surface area contributed by atoms with Gasteiger partial charge in [0.15, 0.2) is 0 Å². The summed E-state index contributed by atoms with van der Waals surface area (Å²) in [7, 11) is -3.61. The molecule has 21 heavy (non-hydrogen) atoms. The Hall–Kier alpha value is -0.890. The monoisotopic (exact) mass is 347 g/mol. The van der Waals surface area contributed by atoms with Crippen LogP contribution in [0.2, 0.25) is 5.02 Å². The molecular weight excluding hydrogens is 330 g/mol. The number of nitrogens with zero attached hydrogens (tertiary/aromatic N) is 1. The van der Waals surface area contributed by atoms with E-state index in [0.717, 1.165) is 12.8 Å². The standard InChI is InChI=1S/C13H18ClN3O2S2/c1-9-4-6-17(7-5-9)21(18,19)16-12-8-10(13(15)20)2-3-11(12)14/h2-3,8-9,16H,4-7H2,1H3,(H2,15,20). The van der Waals surface area contributed by atoms with Crippen LogP contribution in [0, 0.1) is 5.92 Å². The van der Waals surface area contributed by atoms with E-state index in [-0.39, 0.29) is 4.99 Å². The van der Waals surface area contributed by atoms with Crippen LogP contribution in [0.5, 0.6) is 0 Å². The number of halogens is 1. The molecule has 0 bridgehead atoms. The third-order valence-electron chi connectivity index (χ3n) is 3.57. The van der Waals surface area contributed by atoms with Gasteiger partial charge in [0.25, 0.3) is 0 Å². The zero-order valence-electron chi connectivity index (χ0n) is 11.7. The summed E-state index contributed by atoms with van der Waals surface area (Å²) in [4.78, 5) is 0.193. The summed E-state index contributed by atoms with van der Waals surface area (Å²) < 4.78 is 28.7. The highest BCUT2D eigenvalue weighted by Gasteiger charge is 2.26. The lowest BCUT2D eigenvalue weighted by Gasteiger charge is -2.29. The van der Waals surface area contributed by atoms with Crippen molar-refractivity contribution >= 4 is 44.7 Å². The van der Waals surface area contributed by atoms with E-state index in [9.17, 15) is 8.42 Å². The Kier molecular flexibility index (Phi) is 5.08. The third kappa shape index (κ3) is 4.06. The van der Waals surface area contributed by atoms with Crippen molar-refractivity contribution in [3.05, 3.63) is 28.8 Å². The zero-order chi connectivity index (χ0) is 15.6. The summed E-state index contributed by atoms with van der Waals surface area (Å²) in [6, 6.07) is 4.78. The first-order valence-electron chi connectivity index (χ1n) is 6.67. The molecule has 1 aliphatic rings. The Balaban J connectivity index is 2.20. The van der Waals surface area contributed by atoms with Crippen LogP contribution >= 0.6 is 23.8 Å². The molecule has 0 spiro atoms. The van der Waals surface area contributed by atoms with E-state index >= 15 is 0 Å². The Morgan fingerprint density at radius 1 is 1.43 bits per heavy atom. The largest absolute Gasteiger partial charge is 0.389 e. The quantitative estimate of drug-likeness (QED) is 0.820. The first-order chi connectivity index (χ1) is 9.79. The second-order valence-corrected chi connectivity index (χ2v) is 7.77. The van der Waals surface area contributed by atoms with Gasteiger partial charge in [0.2, 0.25) is 0 Å². The Bertz CT molecular complexity index is 641. The van der Waals surface area contributed by atoms with Crippen molar-refractivity contribution in [2.24, 2.45) is 11.7 Å². The van der Waals surface area contributed by atoms with Gasteiger partial charge in [-0.25, -0.2) is 0 Å². The topological polar surface area (TPSA) is 75.4 Å². The van der Waals surface area contributed by atoms with Gasteiger partial charge in [-0.15, -0.1) is 0 Å². The molecule has 2 rings (SSSR count). The minimum absolute atomic E-state index is 0.193. The molecule has 1 aromatic rings. The van der Waals surface area contributed by atoms with Crippen LogP contribution in [0.3, 0.4) is 0 Å². The fraction of sp³-hybridized carbons (Fsp3) is 0.462. The molecule has 1 heterocycles. The van der Waals surface area contributed by atoms with Crippen LogP contribution < -0.4 is 10.5 Å². The van der Waals surface area contributed by atoms with Gasteiger partial charge in [0, 0.05) is 18.7 Å². The lowest BCUT2D eigenvalue weighted by atomic mass is 10.0. The highest BCUT2D eigenvalue weighted by molar-refractivity contribution is 7.90. The van der Waals surface area contributed by atoms with E-state index in [2.05, 4.69) is 11.6 Å². The summed E-state index contributed by atoms with van der Waals surface area (Å²) in [6.07, 6.45) is 1.73. The molecule has 0 saturated carbocycles. The number of nitrogens with two attached hydrogens (primary N) is 1. The van der Waals surface area contributed by atoms with Crippen LogP contribution in [0.4, 0.5) is 5.69 Å². The maximum Gasteiger partial charge on any atom is 0.301 e. The van der Waals surface area contributed by atoms with Gasteiger partial charge in [-0.1, -0.05) is 36.8 Å². The van der Waals surface area contributed by atoms with E-state index in [1.807, 2.05) is 0 Å². The molecule has 116 valence electrons. The van der Waals surface area contributed by atoms with Crippen molar-refractivity contribution in [1.29, 1.82) is 0 Å². The zero-order valence-corrected chi connectivity index (χ0v) is 14.1. The summed E-state index contributed by atoms with van der Waals surface area (Å²) in [5.74, 6) is 0.554. The van der Waals surface area contributed by atoms with E-state index in [0.29, 0.717) is 35.3 Å². The maximum absolute atomic E-state index is 12.4. The summed E-state index contributed by atoms with van der Waals surface area (Å²) in [5, 5.41) is 0.309. The molecule has 0 aromatic heterocycles. The van der Waals surface area contributed by atoms with E-state index in [4.69, 9.17) is 29.6 Å². The number of anilines is 1. The number of benzene rings is 1. The summed E-state index contributed by atoms with van der Waals surface area (Å²) in [5.41, 5.74) is 6.42. The number of hydrogen-bond acceptors (Lipinski definition) is 3. The number of piperidine rings is 1. The second-order valence-electron chi connectivity index (χ2n) is 5.25. The van der Waals surface area contributed by atoms with Gasteiger partial charge < -0.3 is 5.73 Å². The molecule has 0 unspecified atom stereocenters. The molecule has 1 saturated heterocycles. The molecule has 3 N–H and O–H groups in total. The number of nitrogens with one attached hydrogen (secondary N) is 1. The maximum atomic E-state index is 12.4. The molecule has 0 aliphatic carbocycles.